The molecule has 2 aromatic rings. The largest absolute Gasteiger partial charge is 0.547 e. The van der Waals surface area contributed by atoms with Crippen molar-refractivity contribution in [3.63, 3.8) is 0 Å². The van der Waals surface area contributed by atoms with Gasteiger partial charge in [-0.05, 0) is 35.7 Å². The van der Waals surface area contributed by atoms with Crippen molar-refractivity contribution in [1.82, 2.24) is 5.32 Å². The van der Waals surface area contributed by atoms with Crippen LogP contribution in [0.5, 0.6) is 5.75 Å². The van der Waals surface area contributed by atoms with Crippen LogP contribution in [0.25, 0.3) is 0 Å². The van der Waals surface area contributed by atoms with Crippen molar-refractivity contribution in [3.05, 3.63) is 58.9 Å². The third-order valence-corrected chi connectivity index (χ3v) is 5.59. The fourth-order valence-corrected chi connectivity index (χ4v) is 3.60. The van der Waals surface area contributed by atoms with Gasteiger partial charge < -0.3 is 35.6 Å². The first kappa shape index (κ1) is 21.9. The van der Waals surface area contributed by atoms with Crippen LogP contribution in [0, 0.1) is 5.82 Å². The van der Waals surface area contributed by atoms with Gasteiger partial charge in [0.15, 0.2) is 0 Å². The number of nitrogens with two attached hydrogens (primary N) is 1. The van der Waals surface area contributed by atoms with Crippen LogP contribution in [0.1, 0.15) is 27.5 Å². The molecule has 10 nitrogen and oxygen atoms in total. The lowest BCUT2D eigenvalue weighted by molar-refractivity contribution is -0.122. The lowest BCUT2D eigenvalue weighted by Crippen LogP contribution is -2.54. The fraction of sp³-hybridized carbons (Fsp3) is 0.176. The van der Waals surface area contributed by atoms with Crippen LogP contribution in [0.4, 0.5) is 4.39 Å². The van der Waals surface area contributed by atoms with E-state index in [1.54, 1.807) is 0 Å². The van der Waals surface area contributed by atoms with Gasteiger partial charge in [0, 0.05) is 0 Å². The molecule has 0 aromatic heterocycles. The number of rotatable bonds is 5. The Bertz CT molecular complexity index is 1040. The van der Waals surface area contributed by atoms with Crippen molar-refractivity contribution in [2.75, 3.05) is 0 Å². The number of aromatic carboxylic acids is 1. The number of amides is 1. The van der Waals surface area contributed by atoms with Crippen molar-refractivity contribution < 1.29 is 43.1 Å². The minimum absolute atomic E-state index is 0.0351. The van der Waals surface area contributed by atoms with Gasteiger partial charge in [0.05, 0.1) is 11.2 Å². The molecule has 0 radical (unpaired) electrons. The van der Waals surface area contributed by atoms with Crippen LogP contribution >= 0.6 is 7.60 Å². The molecule has 0 bridgehead atoms. The first-order valence-electron chi connectivity index (χ1n) is 8.60. The van der Waals surface area contributed by atoms with Crippen LogP contribution in [0.15, 0.2) is 36.4 Å². The highest BCUT2D eigenvalue weighted by atomic mass is 31.2. The number of carbonyl (C=O) groups excluding carboxylic acids is 1. The van der Waals surface area contributed by atoms with E-state index in [-0.39, 0.29) is 28.6 Å². The van der Waals surface area contributed by atoms with Crippen molar-refractivity contribution in [3.8, 4) is 5.75 Å². The molecule has 2 aromatic carbocycles. The monoisotopic (exact) mass is 438 g/mol. The van der Waals surface area contributed by atoms with Gasteiger partial charge in [-0.2, -0.15) is 0 Å². The summed E-state index contributed by atoms with van der Waals surface area (Å²) in [6.45, 7) is 0. The number of carboxylic acid groups (broad SMARTS) is 1. The molecule has 1 aliphatic rings. The molecule has 0 spiro atoms. The fourth-order valence-electron chi connectivity index (χ4n) is 3.06. The smallest absolute Gasteiger partial charge is 0.534 e. The minimum atomic E-state index is -4.43. The van der Waals surface area contributed by atoms with E-state index < -0.39 is 50.0 Å². The van der Waals surface area contributed by atoms with E-state index in [1.807, 2.05) is 0 Å². The molecule has 1 heterocycles. The third kappa shape index (κ3) is 4.37. The normalized spacial score (nSPS) is 17.0. The second-order valence-electron chi connectivity index (χ2n) is 6.66. The molecule has 1 unspecified atom stereocenters. The van der Waals surface area contributed by atoms with E-state index in [0.717, 1.165) is 18.2 Å². The van der Waals surface area contributed by atoms with E-state index in [0.29, 0.717) is 0 Å². The van der Waals surface area contributed by atoms with Gasteiger partial charge in [-0.15, -0.1) is 0 Å². The Morgan fingerprint density at radius 3 is 2.43 bits per heavy atom. The Labute approximate surface area is 169 Å². The molecule has 158 valence electrons. The quantitative estimate of drug-likeness (QED) is 0.264. The van der Waals surface area contributed by atoms with Gasteiger partial charge in [-0.25, -0.2) is 9.18 Å². The first-order valence-corrected chi connectivity index (χ1v) is 10.2. The van der Waals surface area contributed by atoms with Crippen LogP contribution in [-0.2, 0) is 15.8 Å². The van der Waals surface area contributed by atoms with E-state index in [1.165, 1.54) is 18.2 Å². The second-order valence-corrected chi connectivity index (χ2v) is 8.26. The van der Waals surface area contributed by atoms with Gasteiger partial charge >= 0.3 is 20.7 Å². The number of hydrogen-bond acceptors (Lipinski definition) is 6. The summed E-state index contributed by atoms with van der Waals surface area (Å²) in [5.41, 5.74) is 5.72. The number of carboxylic acids is 1. The van der Waals surface area contributed by atoms with Crippen molar-refractivity contribution in [2.45, 2.75) is 18.4 Å². The average molecular weight is 438 g/mol. The Morgan fingerprint density at radius 1 is 1.23 bits per heavy atom. The van der Waals surface area contributed by atoms with E-state index in [4.69, 9.17) is 25.3 Å². The summed E-state index contributed by atoms with van der Waals surface area (Å²) >= 11 is 0. The van der Waals surface area contributed by atoms with Crippen LogP contribution in [-0.4, -0.2) is 44.9 Å². The maximum Gasteiger partial charge on any atom is 0.547 e. The number of fused-ring (bicyclic) bond motifs is 1. The Balaban J connectivity index is 1.75. The highest BCUT2D eigenvalue weighted by Gasteiger charge is 2.39. The zero-order valence-electron chi connectivity index (χ0n) is 15.2. The molecule has 2 atom stereocenters. The maximum atomic E-state index is 13.8. The molecule has 3 rings (SSSR count). The predicted molar refractivity (Wildman–Crippen MR) is 103 cm³/mol. The molecule has 0 aliphatic carbocycles. The number of hydrogen-bond donors (Lipinski definition) is 6. The first-order chi connectivity index (χ1) is 14.0. The number of halogens is 1. The summed E-state index contributed by atoms with van der Waals surface area (Å²) in [5.74, 6) is -4.58. The van der Waals surface area contributed by atoms with Gasteiger partial charge in [-0.1, -0.05) is 18.2 Å². The summed E-state index contributed by atoms with van der Waals surface area (Å²) in [6.07, 6.45) is -0.0351. The van der Waals surface area contributed by atoms with Crippen LogP contribution in [0.2, 0.25) is 0 Å². The van der Waals surface area contributed by atoms with E-state index >= 15 is 0 Å². The summed E-state index contributed by atoms with van der Waals surface area (Å²) < 4.78 is 30.1. The van der Waals surface area contributed by atoms with Crippen molar-refractivity contribution in [2.24, 2.45) is 5.73 Å². The van der Waals surface area contributed by atoms with Crippen molar-refractivity contribution >= 4 is 31.9 Å². The zero-order valence-corrected chi connectivity index (χ0v) is 16.1. The van der Waals surface area contributed by atoms with Gasteiger partial charge in [0.2, 0.25) is 5.91 Å². The molecule has 1 aliphatic heterocycles. The lowest BCUT2D eigenvalue weighted by Gasteiger charge is -2.29. The molecule has 30 heavy (non-hydrogen) atoms. The van der Waals surface area contributed by atoms with Crippen LogP contribution < -0.4 is 21.0 Å². The second kappa shape index (κ2) is 8.17. The highest BCUT2D eigenvalue weighted by molar-refractivity contribution is 7.60. The SMILES string of the molecule is NC(C(=O)N[C@H]1Cc2ccc(F)c(C(=O)O)c2OB1O)c1ccc(P(=O)(O)O)cc1. The average Bonchev–Trinajstić information content (AvgIpc) is 2.67. The third-order valence-electron chi connectivity index (χ3n) is 4.62. The molecule has 1 amide bonds. The molecular weight excluding hydrogens is 421 g/mol. The minimum Gasteiger partial charge on any atom is -0.534 e. The Kier molecular flexibility index (Phi) is 5.98. The zero-order chi connectivity index (χ0) is 22.2. The topological polar surface area (TPSA) is 179 Å². The molecule has 0 saturated heterocycles. The summed E-state index contributed by atoms with van der Waals surface area (Å²) in [7, 11) is -6.08. The number of benzene rings is 2. The maximum absolute atomic E-state index is 13.8. The summed E-state index contributed by atoms with van der Waals surface area (Å²) in [4.78, 5) is 42.0. The standard InChI is InChI=1S/C17H17BFN2O8P/c19-11-6-3-9-7-12(18(25)29-15(9)13(11)17(23)24)21-16(22)14(20)8-1-4-10(5-2-8)30(26,27)28/h1-6,12,14,25H,7,20H2,(H,21,22)(H,23,24)(H2,26,27,28)/t12-,14?/m0/s1. The van der Waals surface area contributed by atoms with Crippen LogP contribution in [0.3, 0.4) is 0 Å². The molecular formula is C17H17BFN2O8P. The van der Waals surface area contributed by atoms with E-state index in [9.17, 15) is 23.6 Å². The molecule has 0 saturated carbocycles. The predicted octanol–water partition coefficient (Wildman–Crippen LogP) is -0.534. The number of nitrogens with one attached hydrogen (secondary N) is 1. The van der Waals surface area contributed by atoms with E-state index in [2.05, 4.69) is 5.32 Å². The number of carbonyl (C=O) groups is 2. The molecule has 0 fully saturated rings. The highest BCUT2D eigenvalue weighted by Crippen LogP contribution is 2.34. The summed E-state index contributed by atoms with van der Waals surface area (Å²) in [6, 6.07) is 5.93. The Morgan fingerprint density at radius 2 is 1.87 bits per heavy atom. The lowest BCUT2D eigenvalue weighted by atomic mass is 9.72. The summed E-state index contributed by atoms with van der Waals surface area (Å²) in [5, 5.41) is 21.6. The molecule has 7 N–H and O–H groups in total. The van der Waals surface area contributed by atoms with Gasteiger partial charge in [0.1, 0.15) is 23.2 Å². The van der Waals surface area contributed by atoms with Gasteiger partial charge in [0.25, 0.3) is 0 Å². The van der Waals surface area contributed by atoms with Gasteiger partial charge in [-0.3, -0.25) is 9.36 Å². The molecule has 13 heteroatoms. The Hall–Kier alpha value is -2.76. The van der Waals surface area contributed by atoms with Crippen molar-refractivity contribution in [1.29, 1.82) is 0 Å².